The smallest absolute Gasteiger partial charge is 0.320 e. The minimum absolute atomic E-state index is 0.00921. The summed E-state index contributed by atoms with van der Waals surface area (Å²) in [7, 11) is 1.78. The van der Waals surface area contributed by atoms with Gasteiger partial charge in [-0.25, -0.2) is 8.78 Å². The second-order valence-corrected chi connectivity index (χ2v) is 13.5. The van der Waals surface area contributed by atoms with Gasteiger partial charge in [0.15, 0.2) is 5.82 Å². The third-order valence-electron chi connectivity index (χ3n) is 9.06. The molecule has 3 aliphatic heterocycles. The third kappa shape index (κ3) is 6.47. The Morgan fingerprint density at radius 3 is 2.49 bits per heavy atom. The maximum atomic E-state index is 14.5. The summed E-state index contributed by atoms with van der Waals surface area (Å²) < 4.78 is 38.3. The van der Waals surface area contributed by atoms with Crippen molar-refractivity contribution in [3.8, 4) is 11.1 Å². The number of aromatic nitrogens is 4. The van der Waals surface area contributed by atoms with Crippen molar-refractivity contribution < 1.29 is 23.1 Å². The van der Waals surface area contributed by atoms with Crippen molar-refractivity contribution in [2.75, 3.05) is 37.6 Å². The Labute approximate surface area is 262 Å². The zero-order chi connectivity index (χ0) is 32.0. The van der Waals surface area contributed by atoms with Gasteiger partial charge in [-0.2, -0.15) is 10.2 Å². The van der Waals surface area contributed by atoms with E-state index in [1.807, 2.05) is 31.7 Å². The van der Waals surface area contributed by atoms with Crippen LogP contribution in [0.5, 0.6) is 0 Å². The summed E-state index contributed by atoms with van der Waals surface area (Å²) in [6.07, 6.45) is 4.71. The van der Waals surface area contributed by atoms with Crippen LogP contribution in [-0.4, -0.2) is 79.6 Å². The molecule has 6 rings (SSSR count). The summed E-state index contributed by atoms with van der Waals surface area (Å²) in [6.45, 7) is 10.7. The van der Waals surface area contributed by atoms with Crippen molar-refractivity contribution in [2.24, 2.45) is 7.05 Å². The molecule has 1 aromatic carbocycles. The van der Waals surface area contributed by atoms with Crippen LogP contribution in [0.3, 0.4) is 0 Å². The Bertz CT molecular complexity index is 1580. The fourth-order valence-electron chi connectivity index (χ4n) is 6.95. The number of hydrogen-bond acceptors (Lipinski definition) is 7. The van der Waals surface area contributed by atoms with Gasteiger partial charge in [0.2, 0.25) is 5.91 Å². The standard InChI is InChI=1S/C33H43F2N7O3/c1-21(43)40-14-10-28-27(19-40)32(37-42(28)24-8-12-39(13-9-24)20-30(44)45-33(2,3)4)41-11-6-7-22-15-25(23-17-36-38(5)18-23)26(31(34)35)16-29(22)41/h15-18,24,31H,6-14,19-20H2,1-5H3. The maximum absolute atomic E-state index is 14.5. The molecule has 0 radical (unpaired) electrons. The second kappa shape index (κ2) is 12.2. The van der Waals surface area contributed by atoms with Crippen LogP contribution >= 0.6 is 0 Å². The summed E-state index contributed by atoms with van der Waals surface area (Å²) in [5.41, 5.74) is 4.50. The largest absolute Gasteiger partial charge is 0.459 e. The molecule has 0 N–H and O–H groups in total. The van der Waals surface area contributed by atoms with E-state index in [1.54, 1.807) is 37.1 Å². The Kier molecular flexibility index (Phi) is 8.45. The maximum Gasteiger partial charge on any atom is 0.320 e. The van der Waals surface area contributed by atoms with Gasteiger partial charge in [0, 0.05) is 80.8 Å². The highest BCUT2D eigenvalue weighted by Crippen LogP contribution is 2.43. The van der Waals surface area contributed by atoms with Crippen molar-refractivity contribution in [3.05, 3.63) is 46.9 Å². The summed E-state index contributed by atoms with van der Waals surface area (Å²) in [5.74, 6) is 0.542. The van der Waals surface area contributed by atoms with Gasteiger partial charge in [0.25, 0.3) is 6.43 Å². The predicted molar refractivity (Wildman–Crippen MR) is 167 cm³/mol. The molecule has 0 atom stereocenters. The number of carbonyl (C=O) groups excluding carboxylic acids is 2. The first-order chi connectivity index (χ1) is 21.4. The summed E-state index contributed by atoms with van der Waals surface area (Å²) in [4.78, 5) is 31.0. The first kappa shape index (κ1) is 31.2. The molecule has 0 bridgehead atoms. The molecular weight excluding hydrogens is 580 g/mol. The summed E-state index contributed by atoms with van der Waals surface area (Å²) in [6, 6.07) is 3.67. The van der Waals surface area contributed by atoms with Gasteiger partial charge in [0.1, 0.15) is 5.60 Å². The summed E-state index contributed by atoms with van der Waals surface area (Å²) >= 11 is 0. The monoisotopic (exact) mass is 623 g/mol. The quantitative estimate of drug-likeness (QED) is 0.350. The van der Waals surface area contributed by atoms with Gasteiger partial charge in [-0.15, -0.1) is 0 Å². The highest BCUT2D eigenvalue weighted by atomic mass is 19.3. The molecule has 0 unspecified atom stereocenters. The summed E-state index contributed by atoms with van der Waals surface area (Å²) in [5, 5.41) is 9.43. The number of hydrogen-bond donors (Lipinski definition) is 0. The number of piperidine rings is 1. The first-order valence-electron chi connectivity index (χ1n) is 15.9. The average Bonchev–Trinajstić information content (AvgIpc) is 3.59. The Morgan fingerprint density at radius 1 is 1.09 bits per heavy atom. The van der Waals surface area contributed by atoms with Crippen molar-refractivity contribution in [1.29, 1.82) is 0 Å². The molecule has 1 amide bonds. The number of carbonyl (C=O) groups is 2. The van der Waals surface area contributed by atoms with Crippen LogP contribution in [0.25, 0.3) is 11.1 Å². The van der Waals surface area contributed by atoms with E-state index in [1.165, 1.54) is 0 Å². The molecule has 10 nitrogen and oxygen atoms in total. The van der Waals surface area contributed by atoms with Gasteiger partial charge < -0.3 is 14.5 Å². The van der Waals surface area contributed by atoms with Crippen molar-refractivity contribution >= 4 is 23.4 Å². The van der Waals surface area contributed by atoms with E-state index in [4.69, 9.17) is 9.84 Å². The lowest BCUT2D eigenvalue weighted by Gasteiger charge is -2.34. The lowest BCUT2D eigenvalue weighted by atomic mass is 9.92. The zero-order valence-corrected chi connectivity index (χ0v) is 26.9. The molecule has 12 heteroatoms. The van der Waals surface area contributed by atoms with Crippen molar-refractivity contribution in [2.45, 2.75) is 84.4 Å². The lowest BCUT2D eigenvalue weighted by molar-refractivity contribution is -0.156. The number of halogens is 2. The highest BCUT2D eigenvalue weighted by molar-refractivity contribution is 5.78. The van der Waals surface area contributed by atoms with Crippen molar-refractivity contribution in [1.82, 2.24) is 29.4 Å². The molecule has 1 fully saturated rings. The minimum atomic E-state index is -2.65. The molecule has 5 heterocycles. The van der Waals surface area contributed by atoms with Crippen LogP contribution in [0.4, 0.5) is 20.3 Å². The van der Waals surface area contributed by atoms with E-state index in [0.29, 0.717) is 37.2 Å². The van der Waals surface area contributed by atoms with E-state index in [0.717, 1.165) is 67.1 Å². The third-order valence-corrected chi connectivity index (χ3v) is 9.06. The number of benzene rings is 1. The molecule has 2 aromatic heterocycles. The van der Waals surface area contributed by atoms with Gasteiger partial charge in [0.05, 0.1) is 25.3 Å². The first-order valence-corrected chi connectivity index (χ1v) is 15.9. The second-order valence-electron chi connectivity index (χ2n) is 13.5. The Hall–Kier alpha value is -3.80. The van der Waals surface area contributed by atoms with Crippen LogP contribution in [0.1, 0.15) is 81.8 Å². The van der Waals surface area contributed by atoms with Crippen LogP contribution in [0, 0.1) is 0 Å². The lowest BCUT2D eigenvalue weighted by Crippen LogP contribution is -2.41. The molecule has 242 valence electrons. The number of likely N-dealkylation sites (tertiary alicyclic amines) is 1. The number of esters is 1. The van der Waals surface area contributed by atoms with E-state index in [2.05, 4.69) is 19.6 Å². The SMILES string of the molecule is CC(=O)N1CCc2c(c(N3CCCc4cc(-c5cnn(C)c5)c(C(F)F)cc43)nn2C2CCN(CC(=O)OC(C)(C)C)CC2)C1. The van der Waals surface area contributed by atoms with Crippen LogP contribution in [-0.2, 0) is 40.8 Å². The Balaban J connectivity index is 1.33. The number of anilines is 2. The number of amides is 1. The molecular formula is C33H43F2N7O3. The predicted octanol–water partition coefficient (Wildman–Crippen LogP) is 5.19. The fraction of sp³-hybridized carbons (Fsp3) is 0.576. The van der Waals surface area contributed by atoms with E-state index in [9.17, 15) is 18.4 Å². The minimum Gasteiger partial charge on any atom is -0.459 e. The average molecular weight is 624 g/mol. The zero-order valence-electron chi connectivity index (χ0n) is 26.9. The van der Waals surface area contributed by atoms with E-state index >= 15 is 0 Å². The van der Waals surface area contributed by atoms with Crippen LogP contribution < -0.4 is 4.90 Å². The van der Waals surface area contributed by atoms with Gasteiger partial charge in [-0.05, 0) is 69.7 Å². The van der Waals surface area contributed by atoms with E-state index < -0.39 is 12.0 Å². The molecule has 0 spiro atoms. The Morgan fingerprint density at radius 2 is 1.84 bits per heavy atom. The molecule has 0 saturated carbocycles. The van der Waals surface area contributed by atoms with Crippen LogP contribution in [0.2, 0.25) is 0 Å². The number of ether oxygens (including phenoxy) is 1. The number of rotatable bonds is 6. The molecule has 45 heavy (non-hydrogen) atoms. The number of fused-ring (bicyclic) bond motifs is 2. The highest BCUT2D eigenvalue weighted by Gasteiger charge is 2.35. The number of alkyl halides is 2. The van der Waals surface area contributed by atoms with Gasteiger partial charge in [-0.3, -0.25) is 23.9 Å². The molecule has 3 aliphatic rings. The number of nitrogens with zero attached hydrogens (tertiary/aromatic N) is 7. The van der Waals surface area contributed by atoms with Gasteiger partial charge in [-0.1, -0.05) is 0 Å². The normalized spacial score (nSPS) is 17.9. The molecule has 3 aromatic rings. The number of aryl methyl sites for hydroxylation is 2. The topological polar surface area (TPSA) is 88.7 Å². The van der Waals surface area contributed by atoms with Gasteiger partial charge >= 0.3 is 5.97 Å². The van der Waals surface area contributed by atoms with Crippen LogP contribution in [0.15, 0.2) is 24.5 Å². The fourth-order valence-corrected chi connectivity index (χ4v) is 6.95. The van der Waals surface area contributed by atoms with E-state index in [-0.39, 0.29) is 30.0 Å². The van der Waals surface area contributed by atoms with Crippen molar-refractivity contribution in [3.63, 3.8) is 0 Å². The molecule has 1 saturated heterocycles. The molecule has 0 aliphatic carbocycles.